The first kappa shape index (κ1) is 11.2. The van der Waals surface area contributed by atoms with Gasteiger partial charge in [-0.3, -0.25) is 9.67 Å². The molecule has 1 atom stereocenters. The number of rotatable bonds is 2. The molecular weight excluding hydrogens is 228 g/mol. The van der Waals surface area contributed by atoms with Gasteiger partial charge in [-0.1, -0.05) is 0 Å². The Morgan fingerprint density at radius 2 is 2.28 bits per heavy atom. The van der Waals surface area contributed by atoms with Crippen molar-refractivity contribution in [1.82, 2.24) is 14.8 Å². The maximum absolute atomic E-state index is 5.61. The summed E-state index contributed by atoms with van der Waals surface area (Å²) < 4.78 is 7.51. The highest BCUT2D eigenvalue weighted by Gasteiger charge is 2.26. The minimum Gasteiger partial charge on any atom is -0.377 e. The van der Waals surface area contributed by atoms with Gasteiger partial charge in [0.1, 0.15) is 0 Å². The molecule has 5 heteroatoms. The van der Waals surface area contributed by atoms with Crippen molar-refractivity contribution in [2.75, 3.05) is 24.7 Å². The monoisotopic (exact) mass is 244 g/mol. The SMILES string of the molecule is Cn1nccc1[C@@H]1COCCN1c1cccnc1. The second kappa shape index (κ2) is 4.78. The molecular formula is C13H16N4O. The molecule has 0 N–H and O–H groups in total. The molecule has 0 radical (unpaired) electrons. The summed E-state index contributed by atoms with van der Waals surface area (Å²) in [6.45, 7) is 2.32. The van der Waals surface area contributed by atoms with E-state index in [9.17, 15) is 0 Å². The van der Waals surface area contributed by atoms with Gasteiger partial charge < -0.3 is 9.64 Å². The molecule has 1 aliphatic heterocycles. The van der Waals surface area contributed by atoms with Crippen LogP contribution < -0.4 is 4.90 Å². The molecule has 2 aromatic rings. The van der Waals surface area contributed by atoms with Crippen LogP contribution in [0.15, 0.2) is 36.8 Å². The Hall–Kier alpha value is -1.88. The van der Waals surface area contributed by atoms with Gasteiger partial charge in [-0.25, -0.2) is 0 Å². The maximum Gasteiger partial charge on any atom is 0.0945 e. The van der Waals surface area contributed by atoms with Gasteiger partial charge in [0.2, 0.25) is 0 Å². The zero-order chi connectivity index (χ0) is 12.4. The van der Waals surface area contributed by atoms with Crippen molar-refractivity contribution in [2.45, 2.75) is 6.04 Å². The van der Waals surface area contributed by atoms with E-state index in [0.717, 1.165) is 18.8 Å². The van der Waals surface area contributed by atoms with Crippen LogP contribution in [0.4, 0.5) is 5.69 Å². The second-order valence-electron chi connectivity index (χ2n) is 4.38. The van der Waals surface area contributed by atoms with Gasteiger partial charge in [-0.05, 0) is 18.2 Å². The van der Waals surface area contributed by atoms with Crippen LogP contribution in [0.1, 0.15) is 11.7 Å². The normalized spacial score (nSPS) is 20.1. The Labute approximate surface area is 106 Å². The van der Waals surface area contributed by atoms with E-state index >= 15 is 0 Å². The lowest BCUT2D eigenvalue weighted by Crippen LogP contribution is -2.40. The van der Waals surface area contributed by atoms with Crippen LogP contribution in [0.25, 0.3) is 0 Å². The van der Waals surface area contributed by atoms with Crippen molar-refractivity contribution < 1.29 is 4.74 Å². The molecule has 0 amide bonds. The van der Waals surface area contributed by atoms with E-state index in [1.165, 1.54) is 5.69 Å². The predicted octanol–water partition coefficient (Wildman–Crippen LogP) is 1.39. The number of hydrogen-bond acceptors (Lipinski definition) is 4. The number of hydrogen-bond donors (Lipinski definition) is 0. The molecule has 0 spiro atoms. The Kier molecular flexibility index (Phi) is 2.98. The van der Waals surface area contributed by atoms with Gasteiger partial charge in [0.25, 0.3) is 0 Å². The summed E-state index contributed by atoms with van der Waals surface area (Å²) in [6.07, 6.45) is 5.52. The number of nitrogens with zero attached hydrogens (tertiary/aromatic N) is 4. The average molecular weight is 244 g/mol. The zero-order valence-corrected chi connectivity index (χ0v) is 10.4. The zero-order valence-electron chi connectivity index (χ0n) is 10.4. The van der Waals surface area contributed by atoms with Crippen LogP contribution in [-0.4, -0.2) is 34.5 Å². The lowest BCUT2D eigenvalue weighted by Gasteiger charge is -2.37. The maximum atomic E-state index is 5.61. The van der Waals surface area contributed by atoms with E-state index in [2.05, 4.69) is 21.0 Å². The highest BCUT2D eigenvalue weighted by Crippen LogP contribution is 2.28. The smallest absolute Gasteiger partial charge is 0.0945 e. The fourth-order valence-corrected chi connectivity index (χ4v) is 2.39. The van der Waals surface area contributed by atoms with Crippen LogP contribution in [0.5, 0.6) is 0 Å². The summed E-state index contributed by atoms with van der Waals surface area (Å²) >= 11 is 0. The van der Waals surface area contributed by atoms with Crippen LogP contribution in [0, 0.1) is 0 Å². The van der Waals surface area contributed by atoms with E-state index in [1.54, 1.807) is 6.20 Å². The molecule has 1 fully saturated rings. The molecule has 18 heavy (non-hydrogen) atoms. The van der Waals surface area contributed by atoms with Crippen LogP contribution in [-0.2, 0) is 11.8 Å². The van der Waals surface area contributed by atoms with Crippen LogP contribution in [0.3, 0.4) is 0 Å². The van der Waals surface area contributed by atoms with Gasteiger partial charge >= 0.3 is 0 Å². The van der Waals surface area contributed by atoms with Gasteiger partial charge in [-0.15, -0.1) is 0 Å². The summed E-state index contributed by atoms with van der Waals surface area (Å²) in [5.74, 6) is 0. The van der Waals surface area contributed by atoms with E-state index in [-0.39, 0.29) is 6.04 Å². The molecule has 0 unspecified atom stereocenters. The molecule has 0 bridgehead atoms. The van der Waals surface area contributed by atoms with Gasteiger partial charge in [-0.2, -0.15) is 5.10 Å². The van der Waals surface area contributed by atoms with Crippen molar-refractivity contribution in [1.29, 1.82) is 0 Å². The van der Waals surface area contributed by atoms with E-state index in [1.807, 2.05) is 36.3 Å². The number of ether oxygens (including phenoxy) is 1. The van der Waals surface area contributed by atoms with Crippen molar-refractivity contribution >= 4 is 5.69 Å². The van der Waals surface area contributed by atoms with Crippen LogP contribution >= 0.6 is 0 Å². The standard InChI is InChI=1S/C13H16N4O/c1-16-12(4-6-15-16)13-10-18-8-7-17(13)11-3-2-5-14-9-11/h2-6,9,13H,7-8,10H2,1H3/t13-/m0/s1. The Morgan fingerprint density at radius 3 is 3.00 bits per heavy atom. The average Bonchev–Trinajstić information content (AvgIpc) is 2.86. The molecule has 1 aliphatic rings. The lowest BCUT2D eigenvalue weighted by molar-refractivity contribution is 0.0918. The van der Waals surface area contributed by atoms with E-state index in [0.29, 0.717) is 6.61 Å². The molecule has 1 saturated heterocycles. The third-order valence-corrected chi connectivity index (χ3v) is 3.31. The predicted molar refractivity (Wildman–Crippen MR) is 68.4 cm³/mol. The molecule has 0 aliphatic carbocycles. The summed E-state index contributed by atoms with van der Waals surface area (Å²) in [6, 6.07) is 6.30. The highest BCUT2D eigenvalue weighted by atomic mass is 16.5. The molecule has 5 nitrogen and oxygen atoms in total. The third kappa shape index (κ3) is 1.97. The first-order valence-corrected chi connectivity index (χ1v) is 6.08. The highest BCUT2D eigenvalue weighted by molar-refractivity contribution is 5.46. The number of pyridine rings is 1. The molecule has 2 aromatic heterocycles. The molecule has 3 heterocycles. The summed E-state index contributed by atoms with van der Waals surface area (Å²) in [4.78, 5) is 6.52. The van der Waals surface area contributed by atoms with E-state index in [4.69, 9.17) is 4.74 Å². The van der Waals surface area contributed by atoms with Gasteiger partial charge in [0, 0.05) is 26.0 Å². The van der Waals surface area contributed by atoms with Crippen LogP contribution in [0.2, 0.25) is 0 Å². The Morgan fingerprint density at radius 1 is 1.33 bits per heavy atom. The number of aromatic nitrogens is 3. The molecule has 0 saturated carbocycles. The van der Waals surface area contributed by atoms with Gasteiger partial charge in [0.05, 0.1) is 36.8 Å². The number of morpholine rings is 1. The minimum absolute atomic E-state index is 0.204. The molecule has 94 valence electrons. The first-order valence-electron chi connectivity index (χ1n) is 6.08. The third-order valence-electron chi connectivity index (χ3n) is 3.31. The van der Waals surface area contributed by atoms with Crippen molar-refractivity contribution in [2.24, 2.45) is 7.05 Å². The Balaban J connectivity index is 1.94. The van der Waals surface area contributed by atoms with Crippen molar-refractivity contribution in [3.63, 3.8) is 0 Å². The Bertz CT molecular complexity index is 511. The number of anilines is 1. The topological polar surface area (TPSA) is 43.2 Å². The van der Waals surface area contributed by atoms with Gasteiger partial charge in [0.15, 0.2) is 0 Å². The summed E-state index contributed by atoms with van der Waals surface area (Å²) in [5.41, 5.74) is 2.30. The van der Waals surface area contributed by atoms with Crippen molar-refractivity contribution in [3.8, 4) is 0 Å². The lowest BCUT2D eigenvalue weighted by atomic mass is 10.1. The minimum atomic E-state index is 0.204. The summed E-state index contributed by atoms with van der Waals surface area (Å²) in [5, 5.41) is 4.24. The fraction of sp³-hybridized carbons (Fsp3) is 0.385. The first-order chi connectivity index (χ1) is 8.86. The second-order valence-corrected chi connectivity index (χ2v) is 4.38. The van der Waals surface area contributed by atoms with E-state index < -0.39 is 0 Å². The largest absolute Gasteiger partial charge is 0.377 e. The molecule has 3 rings (SSSR count). The summed E-state index contributed by atoms with van der Waals surface area (Å²) in [7, 11) is 1.96. The molecule has 0 aromatic carbocycles. The number of aryl methyl sites for hydroxylation is 1. The van der Waals surface area contributed by atoms with Crippen molar-refractivity contribution in [3.05, 3.63) is 42.5 Å². The fourth-order valence-electron chi connectivity index (χ4n) is 2.39. The quantitative estimate of drug-likeness (QED) is 0.800.